The summed E-state index contributed by atoms with van der Waals surface area (Å²) >= 11 is 1.07. The zero-order valence-electron chi connectivity index (χ0n) is 17.9. The molecule has 1 unspecified atom stereocenters. The van der Waals surface area contributed by atoms with E-state index in [0.717, 1.165) is 11.8 Å². The van der Waals surface area contributed by atoms with Gasteiger partial charge in [0.25, 0.3) is 5.56 Å². The minimum Gasteiger partial charge on any atom is -0.387 e. The number of hydrogen-bond acceptors (Lipinski definition) is 9. The Kier molecular flexibility index (Phi) is 5.52. The molecule has 2 N–H and O–H groups in total. The summed E-state index contributed by atoms with van der Waals surface area (Å²) in [5.74, 6) is 0.333. The van der Waals surface area contributed by atoms with Crippen LogP contribution in [0.2, 0.25) is 0 Å². The number of imidazole rings is 1. The van der Waals surface area contributed by atoms with Gasteiger partial charge in [-0.25, -0.2) is 9.98 Å². The van der Waals surface area contributed by atoms with Crippen LogP contribution in [0.4, 0.5) is 5.95 Å². The van der Waals surface area contributed by atoms with E-state index in [1.165, 1.54) is 12.7 Å². The maximum absolute atomic E-state index is 12.6. The zero-order chi connectivity index (χ0) is 23.2. The SMILES string of the molecule is CN(C)/C=N\c1nc2c(ncn2[C@@H]2O[C@@]3(CSC(=O)c4ccccc4)COC2[C@H]3O)c(=O)[nH]1. The van der Waals surface area contributed by atoms with E-state index in [1.807, 2.05) is 6.07 Å². The van der Waals surface area contributed by atoms with Gasteiger partial charge in [0, 0.05) is 25.4 Å². The number of H-pyrrole nitrogens is 1. The highest BCUT2D eigenvalue weighted by Gasteiger charge is 2.62. The van der Waals surface area contributed by atoms with Gasteiger partial charge < -0.3 is 19.5 Å². The van der Waals surface area contributed by atoms with E-state index in [2.05, 4.69) is 19.9 Å². The van der Waals surface area contributed by atoms with Gasteiger partial charge in [-0.3, -0.25) is 19.1 Å². The van der Waals surface area contributed by atoms with Gasteiger partial charge in [0.15, 0.2) is 17.4 Å². The third-order valence-electron chi connectivity index (χ3n) is 5.57. The first-order valence-corrected chi connectivity index (χ1v) is 11.2. The standard InChI is InChI=1S/C21H22N6O5S/c1-26(2)10-23-20-24-16-13(17(29)25-20)22-11-27(16)18-14-15(28)21(32-18,8-31-14)9-33-19(30)12-6-4-3-5-7-12/h3-7,10-11,14-15,18,28H,8-9H2,1-2H3,(H,24,25,29)/b23-10-/t14?,15-,18-,21-/m1/s1. The molecule has 2 fully saturated rings. The van der Waals surface area contributed by atoms with Crippen molar-refractivity contribution >= 4 is 40.3 Å². The number of nitrogens with one attached hydrogen (secondary N) is 1. The molecule has 33 heavy (non-hydrogen) atoms. The van der Waals surface area contributed by atoms with Gasteiger partial charge in [-0.2, -0.15) is 4.98 Å². The van der Waals surface area contributed by atoms with Crippen LogP contribution in [0.15, 0.2) is 46.4 Å². The smallest absolute Gasteiger partial charge is 0.280 e. The molecule has 4 heterocycles. The van der Waals surface area contributed by atoms with Crippen molar-refractivity contribution in [2.75, 3.05) is 26.5 Å². The molecule has 11 nitrogen and oxygen atoms in total. The molecule has 2 bridgehead atoms. The summed E-state index contributed by atoms with van der Waals surface area (Å²) < 4.78 is 13.7. The van der Waals surface area contributed by atoms with Crippen molar-refractivity contribution in [3.05, 3.63) is 52.6 Å². The summed E-state index contributed by atoms with van der Waals surface area (Å²) in [6.07, 6.45) is 0.547. The van der Waals surface area contributed by atoms with Crippen molar-refractivity contribution in [3.63, 3.8) is 0 Å². The molecule has 4 atom stereocenters. The van der Waals surface area contributed by atoms with Crippen LogP contribution in [0.25, 0.3) is 11.2 Å². The minimum absolute atomic E-state index is 0.114. The van der Waals surface area contributed by atoms with E-state index in [9.17, 15) is 14.7 Å². The number of carbonyl (C=O) groups excluding carboxylic acids is 1. The molecule has 172 valence electrons. The number of aromatic nitrogens is 4. The molecule has 2 saturated heterocycles. The van der Waals surface area contributed by atoms with E-state index in [-0.39, 0.29) is 34.6 Å². The Morgan fingerprint density at radius 2 is 2.21 bits per heavy atom. The summed E-state index contributed by atoms with van der Waals surface area (Å²) in [6.45, 7) is 0.156. The van der Waals surface area contributed by atoms with Crippen LogP contribution in [0, 0.1) is 0 Å². The van der Waals surface area contributed by atoms with Crippen molar-refractivity contribution in [1.82, 2.24) is 24.4 Å². The summed E-state index contributed by atoms with van der Waals surface area (Å²) in [7, 11) is 3.60. The van der Waals surface area contributed by atoms with E-state index in [4.69, 9.17) is 9.47 Å². The fourth-order valence-corrected chi connectivity index (χ4v) is 4.92. The van der Waals surface area contributed by atoms with E-state index in [0.29, 0.717) is 5.56 Å². The number of carbonyl (C=O) groups is 1. The van der Waals surface area contributed by atoms with Crippen LogP contribution in [0.3, 0.4) is 0 Å². The second-order valence-corrected chi connectivity index (χ2v) is 9.11. The Labute approximate surface area is 192 Å². The average Bonchev–Trinajstić information content (AvgIpc) is 3.46. The van der Waals surface area contributed by atoms with Crippen LogP contribution < -0.4 is 5.56 Å². The quantitative estimate of drug-likeness (QED) is 0.399. The lowest BCUT2D eigenvalue weighted by molar-refractivity contribution is -0.162. The van der Waals surface area contributed by atoms with Gasteiger partial charge in [0.05, 0.1) is 19.3 Å². The molecular weight excluding hydrogens is 448 g/mol. The van der Waals surface area contributed by atoms with Crippen LogP contribution >= 0.6 is 11.8 Å². The van der Waals surface area contributed by atoms with Crippen molar-refractivity contribution in [1.29, 1.82) is 0 Å². The van der Waals surface area contributed by atoms with E-state index < -0.39 is 29.6 Å². The predicted octanol–water partition coefficient (Wildman–Crippen LogP) is 0.942. The van der Waals surface area contributed by atoms with Gasteiger partial charge >= 0.3 is 0 Å². The highest BCUT2D eigenvalue weighted by Crippen LogP contribution is 2.47. The summed E-state index contributed by atoms with van der Waals surface area (Å²) in [6, 6.07) is 8.93. The molecule has 0 amide bonds. The largest absolute Gasteiger partial charge is 0.387 e. The molecule has 0 spiro atoms. The fourth-order valence-electron chi connectivity index (χ4n) is 3.92. The Hall–Kier alpha value is -3.06. The van der Waals surface area contributed by atoms with E-state index in [1.54, 1.807) is 47.8 Å². The maximum atomic E-state index is 12.6. The first kappa shape index (κ1) is 21.8. The van der Waals surface area contributed by atoms with Gasteiger partial charge in [-0.1, -0.05) is 42.1 Å². The van der Waals surface area contributed by atoms with Crippen molar-refractivity contribution in [3.8, 4) is 0 Å². The molecule has 5 rings (SSSR count). The average molecular weight is 471 g/mol. The van der Waals surface area contributed by atoms with Crippen molar-refractivity contribution < 1.29 is 19.4 Å². The second-order valence-electron chi connectivity index (χ2n) is 8.16. The maximum Gasteiger partial charge on any atom is 0.280 e. The van der Waals surface area contributed by atoms with Gasteiger partial charge in [0.2, 0.25) is 11.1 Å². The zero-order valence-corrected chi connectivity index (χ0v) is 18.7. The number of ether oxygens (including phenoxy) is 2. The Balaban J connectivity index is 1.41. The van der Waals surface area contributed by atoms with Gasteiger partial charge in [0.1, 0.15) is 17.8 Å². The number of benzene rings is 1. The molecule has 3 aromatic rings. The number of thioether (sulfide) groups is 1. The summed E-state index contributed by atoms with van der Waals surface area (Å²) in [5, 5.41) is 10.8. The molecule has 2 aliphatic rings. The van der Waals surface area contributed by atoms with E-state index >= 15 is 0 Å². The minimum atomic E-state index is -1.06. The molecule has 0 saturated carbocycles. The molecule has 0 radical (unpaired) electrons. The van der Waals surface area contributed by atoms with Crippen LogP contribution in [-0.4, -0.2) is 85.2 Å². The first-order chi connectivity index (χ1) is 15.9. The van der Waals surface area contributed by atoms with Crippen molar-refractivity contribution in [2.24, 2.45) is 4.99 Å². The Bertz CT molecular complexity index is 1280. The topological polar surface area (TPSA) is 135 Å². The predicted molar refractivity (Wildman–Crippen MR) is 122 cm³/mol. The number of nitrogens with zero attached hydrogens (tertiary/aromatic N) is 5. The highest BCUT2D eigenvalue weighted by molar-refractivity contribution is 8.14. The molecular formula is C21H22N6O5S. The normalized spacial score (nSPS) is 26.5. The number of aliphatic hydroxyl groups is 1. The lowest BCUT2D eigenvalue weighted by atomic mass is 10.0. The number of hydrogen-bond donors (Lipinski definition) is 2. The Morgan fingerprint density at radius 3 is 2.97 bits per heavy atom. The second kappa shape index (κ2) is 8.37. The van der Waals surface area contributed by atoms with Crippen LogP contribution in [0.5, 0.6) is 0 Å². The third-order valence-corrected chi connectivity index (χ3v) is 6.70. The third kappa shape index (κ3) is 3.84. The number of fused-ring (bicyclic) bond motifs is 3. The lowest BCUT2D eigenvalue weighted by Crippen LogP contribution is -2.43. The molecule has 1 aromatic carbocycles. The number of rotatable bonds is 6. The number of aliphatic hydroxyl groups excluding tert-OH is 1. The van der Waals surface area contributed by atoms with Crippen molar-refractivity contribution in [2.45, 2.75) is 24.0 Å². The molecule has 2 aliphatic heterocycles. The Morgan fingerprint density at radius 1 is 1.42 bits per heavy atom. The number of aliphatic imine (C=N–C) groups is 1. The number of aromatic amines is 1. The monoisotopic (exact) mass is 470 g/mol. The fraction of sp³-hybridized carbons (Fsp3) is 0.381. The van der Waals surface area contributed by atoms with Gasteiger partial charge in [-0.15, -0.1) is 0 Å². The highest BCUT2D eigenvalue weighted by atomic mass is 32.2. The lowest BCUT2D eigenvalue weighted by Gasteiger charge is -2.30. The molecule has 0 aliphatic carbocycles. The molecule has 12 heteroatoms. The van der Waals surface area contributed by atoms with Crippen LogP contribution in [0.1, 0.15) is 16.6 Å². The summed E-state index contributed by atoms with van der Waals surface area (Å²) in [4.78, 5) is 42.0. The molecule has 2 aromatic heterocycles. The van der Waals surface area contributed by atoms with Crippen LogP contribution in [-0.2, 0) is 9.47 Å². The van der Waals surface area contributed by atoms with Gasteiger partial charge in [-0.05, 0) is 0 Å². The summed E-state index contributed by atoms with van der Waals surface area (Å²) in [5.41, 5.74) is -0.529. The first-order valence-electron chi connectivity index (χ1n) is 10.3.